The van der Waals surface area contributed by atoms with Crippen LogP contribution in [0.3, 0.4) is 0 Å². The fourth-order valence-electron chi connectivity index (χ4n) is 0.511. The molecule has 0 radical (unpaired) electrons. The lowest BCUT2D eigenvalue weighted by molar-refractivity contribution is 0.0247. The second-order valence-electron chi connectivity index (χ2n) is 2.15. The van der Waals surface area contributed by atoms with E-state index in [1.807, 2.05) is 10.6 Å². The van der Waals surface area contributed by atoms with Crippen molar-refractivity contribution in [2.24, 2.45) is 9.98 Å². The maximum atomic E-state index is 10.8. The predicted molar refractivity (Wildman–Crippen MR) is 50.1 cm³/mol. The average Bonchev–Trinajstić information content (AvgIpc) is 2.30. The van der Waals surface area contributed by atoms with Crippen LogP contribution in [0.1, 0.15) is 0 Å². The van der Waals surface area contributed by atoms with Crippen molar-refractivity contribution in [1.29, 1.82) is 0 Å². The van der Waals surface area contributed by atoms with Crippen molar-refractivity contribution in [1.82, 2.24) is 10.6 Å². The lowest BCUT2D eigenvalue weighted by Crippen LogP contribution is -2.29. The molecule has 0 atom stereocenters. The number of hydrogen-bond acceptors (Lipinski definition) is 8. The van der Waals surface area contributed by atoms with Crippen molar-refractivity contribution >= 4 is 24.3 Å². The normalized spacial score (nSPS) is 8.00. The molecule has 2 N–H and O–H groups in total. The molecular weight excluding hydrogens is 236 g/mol. The van der Waals surface area contributed by atoms with E-state index in [0.717, 1.165) is 0 Å². The Kier molecular flexibility index (Phi) is 8.28. The Morgan fingerprint density at radius 1 is 0.941 bits per heavy atom. The van der Waals surface area contributed by atoms with Gasteiger partial charge < -0.3 is 20.1 Å². The van der Waals surface area contributed by atoms with Gasteiger partial charge in [-0.25, -0.2) is 19.2 Å². The zero-order chi connectivity index (χ0) is 12.9. The second kappa shape index (κ2) is 9.84. The molecule has 0 saturated carbocycles. The molecule has 0 aliphatic carbocycles. The Hall–Kier alpha value is -2.70. The summed E-state index contributed by atoms with van der Waals surface area (Å²) in [6, 6.07) is 0. The van der Waals surface area contributed by atoms with Gasteiger partial charge in [0.15, 0.2) is 0 Å². The smallest absolute Gasteiger partial charge is 0.411 e. The van der Waals surface area contributed by atoms with Gasteiger partial charge in [0, 0.05) is 0 Å². The van der Waals surface area contributed by atoms with Crippen LogP contribution in [-0.4, -0.2) is 44.5 Å². The van der Waals surface area contributed by atoms with Gasteiger partial charge in [0.2, 0.25) is 19.0 Å². The van der Waals surface area contributed by atoms with Gasteiger partial charge in [0.05, 0.1) is 0 Å². The minimum absolute atomic E-state index is 0.289. The van der Waals surface area contributed by atoms with Crippen LogP contribution >= 0.6 is 0 Å². The molecule has 2 amide bonds. The topological polar surface area (TPSA) is 136 Å². The van der Waals surface area contributed by atoms with E-state index >= 15 is 0 Å². The first kappa shape index (κ1) is 14.3. The van der Waals surface area contributed by atoms with Gasteiger partial charge in [0.25, 0.3) is 0 Å². The third-order valence-corrected chi connectivity index (χ3v) is 1.11. The maximum absolute atomic E-state index is 10.8. The molecule has 0 aromatic carbocycles. The van der Waals surface area contributed by atoms with E-state index in [1.165, 1.54) is 12.2 Å². The van der Waals surface area contributed by atoms with Crippen LogP contribution in [0.5, 0.6) is 0 Å². The predicted octanol–water partition coefficient (Wildman–Crippen LogP) is -1.02. The summed E-state index contributed by atoms with van der Waals surface area (Å²) in [6.45, 7) is -1.22. The Labute approximate surface area is 94.7 Å². The standard InChI is InChI=1S/C7H8N4O6/c12-3-8-1-10-6(14)16-5-17-7(15)11-2-9-4-13/h1-2,5H2,(H,10,14)(H,11,15). The number of carbonyl (C=O) groups is 2. The van der Waals surface area contributed by atoms with Crippen molar-refractivity contribution in [2.75, 3.05) is 20.1 Å². The van der Waals surface area contributed by atoms with Gasteiger partial charge in [-0.05, 0) is 0 Å². The lowest BCUT2D eigenvalue weighted by Gasteiger charge is -2.05. The third kappa shape index (κ3) is 9.60. The number of nitrogens with zero attached hydrogens (tertiary/aromatic N) is 2. The van der Waals surface area contributed by atoms with E-state index in [-0.39, 0.29) is 13.3 Å². The zero-order valence-corrected chi connectivity index (χ0v) is 8.47. The highest BCUT2D eigenvalue weighted by Gasteiger charge is 2.03. The molecule has 10 heteroatoms. The molecule has 10 nitrogen and oxygen atoms in total. The monoisotopic (exact) mass is 244 g/mol. The van der Waals surface area contributed by atoms with Crippen molar-refractivity contribution in [3.63, 3.8) is 0 Å². The summed E-state index contributed by atoms with van der Waals surface area (Å²) in [6.07, 6.45) is 0.531. The van der Waals surface area contributed by atoms with Crippen molar-refractivity contribution in [3.05, 3.63) is 0 Å². The fourth-order valence-corrected chi connectivity index (χ4v) is 0.511. The Morgan fingerprint density at radius 3 is 1.71 bits per heavy atom. The Balaban J connectivity index is 3.54. The lowest BCUT2D eigenvalue weighted by atomic mass is 11.0. The van der Waals surface area contributed by atoms with E-state index in [2.05, 4.69) is 19.5 Å². The molecule has 0 aromatic rings. The molecule has 92 valence electrons. The molecule has 0 fully saturated rings. The summed E-state index contributed by atoms with van der Waals surface area (Å²) in [7, 11) is 0. The van der Waals surface area contributed by atoms with Crippen LogP contribution in [0.2, 0.25) is 0 Å². The molecular formula is C7H8N4O6. The van der Waals surface area contributed by atoms with Crippen molar-refractivity contribution in [2.45, 2.75) is 0 Å². The summed E-state index contributed by atoms with van der Waals surface area (Å²) in [5.41, 5.74) is 0. The summed E-state index contributed by atoms with van der Waals surface area (Å²) in [4.78, 5) is 46.8. The van der Waals surface area contributed by atoms with E-state index in [9.17, 15) is 19.2 Å². The van der Waals surface area contributed by atoms with Gasteiger partial charge in [-0.2, -0.15) is 9.98 Å². The second-order valence-corrected chi connectivity index (χ2v) is 2.15. The number of ether oxygens (including phenoxy) is 2. The Morgan fingerprint density at radius 2 is 1.35 bits per heavy atom. The molecule has 0 aromatic heterocycles. The van der Waals surface area contributed by atoms with E-state index in [4.69, 9.17) is 0 Å². The molecule has 0 saturated heterocycles. The molecule has 0 rings (SSSR count). The minimum Gasteiger partial charge on any atom is -0.412 e. The Bertz CT molecular complexity index is 323. The average molecular weight is 244 g/mol. The van der Waals surface area contributed by atoms with Gasteiger partial charge in [0.1, 0.15) is 13.3 Å². The quantitative estimate of drug-likeness (QED) is 0.349. The fraction of sp³-hybridized carbons (Fsp3) is 0.429. The molecule has 17 heavy (non-hydrogen) atoms. The third-order valence-electron chi connectivity index (χ3n) is 1.11. The highest BCUT2D eigenvalue weighted by molar-refractivity contribution is 5.68. The molecule has 0 aliphatic heterocycles. The number of amides is 2. The number of alkyl carbamates (subject to hydrolysis) is 2. The van der Waals surface area contributed by atoms with E-state index in [1.54, 1.807) is 0 Å². The first-order valence-corrected chi connectivity index (χ1v) is 4.09. The van der Waals surface area contributed by atoms with Crippen LogP contribution in [0.4, 0.5) is 9.59 Å². The molecule has 0 aliphatic rings. The highest BCUT2D eigenvalue weighted by atomic mass is 16.7. The summed E-state index contributed by atoms with van der Waals surface area (Å²) in [5, 5.41) is 4.08. The van der Waals surface area contributed by atoms with Gasteiger partial charge in [-0.3, -0.25) is 0 Å². The first-order chi connectivity index (χ1) is 8.20. The van der Waals surface area contributed by atoms with E-state index < -0.39 is 19.0 Å². The van der Waals surface area contributed by atoms with Crippen LogP contribution in [0, 0.1) is 0 Å². The summed E-state index contributed by atoms with van der Waals surface area (Å²) in [5.74, 6) is 0. The van der Waals surface area contributed by atoms with Crippen LogP contribution in [0.15, 0.2) is 9.98 Å². The molecule has 0 spiro atoms. The van der Waals surface area contributed by atoms with Gasteiger partial charge >= 0.3 is 12.2 Å². The summed E-state index contributed by atoms with van der Waals surface area (Å²) < 4.78 is 8.67. The maximum Gasteiger partial charge on any atom is 0.411 e. The van der Waals surface area contributed by atoms with Crippen molar-refractivity contribution in [3.8, 4) is 0 Å². The molecule has 0 heterocycles. The first-order valence-electron chi connectivity index (χ1n) is 4.09. The van der Waals surface area contributed by atoms with Gasteiger partial charge in [-0.15, -0.1) is 0 Å². The summed E-state index contributed by atoms with van der Waals surface area (Å²) >= 11 is 0. The number of hydrogen-bond donors (Lipinski definition) is 2. The van der Waals surface area contributed by atoms with Gasteiger partial charge in [-0.1, -0.05) is 0 Å². The number of aliphatic imine (C=N–C) groups is 2. The van der Waals surface area contributed by atoms with Crippen molar-refractivity contribution < 1.29 is 28.7 Å². The number of nitrogens with one attached hydrogen (secondary N) is 2. The number of carbonyl (C=O) groups excluding carboxylic acids is 4. The van der Waals surface area contributed by atoms with Crippen LogP contribution in [0.25, 0.3) is 0 Å². The number of isocyanates is 2. The molecule has 0 unspecified atom stereocenters. The number of rotatable bonds is 6. The SMILES string of the molecule is O=C=NCNC(=O)OCOC(=O)NCN=C=O. The van der Waals surface area contributed by atoms with Crippen LogP contribution < -0.4 is 10.6 Å². The molecule has 0 bridgehead atoms. The highest BCUT2D eigenvalue weighted by Crippen LogP contribution is 1.82. The van der Waals surface area contributed by atoms with E-state index in [0.29, 0.717) is 0 Å². The largest absolute Gasteiger partial charge is 0.412 e. The van der Waals surface area contributed by atoms with Crippen LogP contribution in [-0.2, 0) is 19.1 Å². The minimum atomic E-state index is -0.928. The zero-order valence-electron chi connectivity index (χ0n) is 8.47.